The second-order valence-corrected chi connectivity index (χ2v) is 4.51. The standard InChI is InChI=1S/C13H18N2O2/c1-15(11-4-5-11)9-8-14-13(17)10-2-6-12(16)7-3-10/h2-3,6-7,11,16H,4-5,8-9H2,1H3,(H,14,17). The first-order valence-electron chi connectivity index (χ1n) is 5.94. The molecule has 0 unspecified atom stereocenters. The largest absolute Gasteiger partial charge is 0.508 e. The van der Waals surface area contributed by atoms with E-state index in [-0.39, 0.29) is 11.7 Å². The number of hydrogen-bond acceptors (Lipinski definition) is 3. The summed E-state index contributed by atoms with van der Waals surface area (Å²) in [5.74, 6) is 0.0872. The molecule has 0 atom stereocenters. The number of amides is 1. The predicted molar refractivity (Wildman–Crippen MR) is 66.1 cm³/mol. The highest BCUT2D eigenvalue weighted by Gasteiger charge is 2.25. The number of carbonyl (C=O) groups is 1. The highest BCUT2D eigenvalue weighted by molar-refractivity contribution is 5.94. The first kappa shape index (κ1) is 11.9. The summed E-state index contributed by atoms with van der Waals surface area (Å²) in [4.78, 5) is 14.0. The quantitative estimate of drug-likeness (QED) is 0.805. The lowest BCUT2D eigenvalue weighted by molar-refractivity contribution is 0.0949. The van der Waals surface area contributed by atoms with Crippen LogP contribution in [0.15, 0.2) is 24.3 Å². The molecule has 2 N–H and O–H groups in total. The molecule has 1 aliphatic rings. The number of aromatic hydroxyl groups is 1. The van der Waals surface area contributed by atoms with Crippen LogP contribution < -0.4 is 5.32 Å². The van der Waals surface area contributed by atoms with E-state index >= 15 is 0 Å². The van der Waals surface area contributed by atoms with E-state index in [2.05, 4.69) is 17.3 Å². The number of nitrogens with one attached hydrogen (secondary N) is 1. The molecule has 0 aromatic heterocycles. The number of phenolic OH excluding ortho intramolecular Hbond substituents is 1. The molecule has 17 heavy (non-hydrogen) atoms. The van der Waals surface area contributed by atoms with Gasteiger partial charge >= 0.3 is 0 Å². The number of phenols is 1. The average molecular weight is 234 g/mol. The fourth-order valence-corrected chi connectivity index (χ4v) is 1.76. The van der Waals surface area contributed by atoms with E-state index in [1.54, 1.807) is 12.1 Å². The summed E-state index contributed by atoms with van der Waals surface area (Å²) >= 11 is 0. The summed E-state index contributed by atoms with van der Waals surface area (Å²) in [6.45, 7) is 1.54. The highest BCUT2D eigenvalue weighted by atomic mass is 16.3. The Morgan fingerprint density at radius 3 is 2.65 bits per heavy atom. The first-order valence-corrected chi connectivity index (χ1v) is 5.94. The van der Waals surface area contributed by atoms with Gasteiger partial charge in [-0.05, 0) is 44.2 Å². The summed E-state index contributed by atoms with van der Waals surface area (Å²) in [5, 5.41) is 12.0. The Hall–Kier alpha value is -1.55. The van der Waals surface area contributed by atoms with Crippen molar-refractivity contribution in [3.8, 4) is 5.75 Å². The monoisotopic (exact) mass is 234 g/mol. The third-order valence-electron chi connectivity index (χ3n) is 3.05. The van der Waals surface area contributed by atoms with Gasteiger partial charge < -0.3 is 15.3 Å². The zero-order valence-corrected chi connectivity index (χ0v) is 10.0. The minimum absolute atomic E-state index is 0.0887. The maximum absolute atomic E-state index is 11.7. The molecule has 0 aliphatic heterocycles. The lowest BCUT2D eigenvalue weighted by Gasteiger charge is -2.15. The third-order valence-corrected chi connectivity index (χ3v) is 3.05. The van der Waals surface area contributed by atoms with Gasteiger partial charge in [-0.1, -0.05) is 0 Å². The minimum Gasteiger partial charge on any atom is -0.508 e. The second kappa shape index (κ2) is 5.19. The van der Waals surface area contributed by atoms with Crippen LogP contribution in [0.25, 0.3) is 0 Å². The molecule has 0 bridgehead atoms. The lowest BCUT2D eigenvalue weighted by Crippen LogP contribution is -2.33. The number of benzene rings is 1. The number of hydrogen-bond donors (Lipinski definition) is 2. The molecule has 1 aromatic rings. The van der Waals surface area contributed by atoms with Crippen LogP contribution in [0, 0.1) is 0 Å². The summed E-state index contributed by atoms with van der Waals surface area (Å²) < 4.78 is 0. The second-order valence-electron chi connectivity index (χ2n) is 4.51. The molecule has 1 aliphatic carbocycles. The van der Waals surface area contributed by atoms with Crippen molar-refractivity contribution in [2.45, 2.75) is 18.9 Å². The van der Waals surface area contributed by atoms with Crippen molar-refractivity contribution in [2.75, 3.05) is 20.1 Å². The third kappa shape index (κ3) is 3.46. The van der Waals surface area contributed by atoms with Gasteiger partial charge in [-0.25, -0.2) is 0 Å². The van der Waals surface area contributed by atoms with E-state index in [9.17, 15) is 4.79 Å². The van der Waals surface area contributed by atoms with E-state index in [1.165, 1.54) is 25.0 Å². The molecule has 1 saturated carbocycles. The smallest absolute Gasteiger partial charge is 0.251 e. The molecule has 0 saturated heterocycles. The topological polar surface area (TPSA) is 52.6 Å². The fraction of sp³-hybridized carbons (Fsp3) is 0.462. The van der Waals surface area contributed by atoms with E-state index in [0.29, 0.717) is 12.1 Å². The Kier molecular flexibility index (Phi) is 3.64. The van der Waals surface area contributed by atoms with Gasteiger partial charge in [-0.3, -0.25) is 4.79 Å². The fourth-order valence-electron chi connectivity index (χ4n) is 1.76. The van der Waals surface area contributed by atoms with Crippen molar-refractivity contribution >= 4 is 5.91 Å². The molecule has 0 radical (unpaired) electrons. The molecule has 0 spiro atoms. The SMILES string of the molecule is CN(CCNC(=O)c1ccc(O)cc1)C1CC1. The highest BCUT2D eigenvalue weighted by Crippen LogP contribution is 2.24. The molecule has 4 heteroatoms. The van der Waals surface area contributed by atoms with Crippen LogP contribution in [0.5, 0.6) is 5.75 Å². The molecule has 4 nitrogen and oxygen atoms in total. The Bertz CT molecular complexity index is 385. The van der Waals surface area contributed by atoms with Crippen LogP contribution in [-0.4, -0.2) is 42.1 Å². The van der Waals surface area contributed by atoms with Crippen molar-refractivity contribution in [2.24, 2.45) is 0 Å². The Labute approximate surface area is 101 Å². The van der Waals surface area contributed by atoms with Crippen LogP contribution in [0.1, 0.15) is 23.2 Å². The van der Waals surface area contributed by atoms with Gasteiger partial charge in [0.15, 0.2) is 0 Å². The average Bonchev–Trinajstić information content (AvgIpc) is 3.13. The molecule has 0 heterocycles. The van der Waals surface area contributed by atoms with Crippen LogP contribution >= 0.6 is 0 Å². The van der Waals surface area contributed by atoms with E-state index in [0.717, 1.165) is 12.6 Å². The van der Waals surface area contributed by atoms with Crippen molar-refractivity contribution in [1.29, 1.82) is 0 Å². The minimum atomic E-state index is -0.0887. The van der Waals surface area contributed by atoms with Gasteiger partial charge in [0, 0.05) is 24.7 Å². The van der Waals surface area contributed by atoms with Crippen LogP contribution in [-0.2, 0) is 0 Å². The van der Waals surface area contributed by atoms with E-state index in [1.807, 2.05) is 0 Å². The number of likely N-dealkylation sites (N-methyl/N-ethyl adjacent to an activating group) is 1. The zero-order valence-electron chi connectivity index (χ0n) is 10.0. The normalized spacial score (nSPS) is 14.9. The van der Waals surface area contributed by atoms with Gasteiger partial charge in [-0.15, -0.1) is 0 Å². The maximum Gasteiger partial charge on any atom is 0.251 e. The maximum atomic E-state index is 11.7. The lowest BCUT2D eigenvalue weighted by atomic mass is 10.2. The molecule has 1 amide bonds. The predicted octanol–water partition coefficient (Wildman–Crippen LogP) is 1.22. The summed E-state index contributed by atoms with van der Waals surface area (Å²) in [6.07, 6.45) is 2.56. The van der Waals surface area contributed by atoms with Gasteiger partial charge in [0.1, 0.15) is 5.75 Å². The van der Waals surface area contributed by atoms with Gasteiger partial charge in [0.25, 0.3) is 5.91 Å². The van der Waals surface area contributed by atoms with Crippen molar-refractivity contribution in [3.63, 3.8) is 0 Å². The molecule has 2 rings (SSSR count). The molecule has 92 valence electrons. The number of rotatable bonds is 5. The van der Waals surface area contributed by atoms with E-state index in [4.69, 9.17) is 5.11 Å². The first-order chi connectivity index (χ1) is 8.16. The van der Waals surface area contributed by atoms with Crippen LogP contribution in [0.2, 0.25) is 0 Å². The van der Waals surface area contributed by atoms with Gasteiger partial charge in [0.2, 0.25) is 0 Å². The zero-order chi connectivity index (χ0) is 12.3. The van der Waals surface area contributed by atoms with E-state index < -0.39 is 0 Å². The van der Waals surface area contributed by atoms with Crippen LogP contribution in [0.4, 0.5) is 0 Å². The van der Waals surface area contributed by atoms with Gasteiger partial charge in [0.05, 0.1) is 0 Å². The number of nitrogens with zero attached hydrogens (tertiary/aromatic N) is 1. The van der Waals surface area contributed by atoms with Crippen molar-refractivity contribution in [1.82, 2.24) is 10.2 Å². The Balaban J connectivity index is 1.74. The molecular formula is C13H18N2O2. The molecular weight excluding hydrogens is 216 g/mol. The summed E-state index contributed by atoms with van der Waals surface area (Å²) in [6, 6.07) is 7.00. The Morgan fingerprint density at radius 1 is 1.41 bits per heavy atom. The van der Waals surface area contributed by atoms with Crippen molar-refractivity contribution in [3.05, 3.63) is 29.8 Å². The van der Waals surface area contributed by atoms with Crippen LogP contribution in [0.3, 0.4) is 0 Å². The summed E-state index contributed by atoms with van der Waals surface area (Å²) in [7, 11) is 2.09. The number of carbonyl (C=O) groups excluding carboxylic acids is 1. The Morgan fingerprint density at radius 2 is 2.06 bits per heavy atom. The van der Waals surface area contributed by atoms with Crippen molar-refractivity contribution < 1.29 is 9.90 Å². The molecule has 1 aromatic carbocycles. The summed E-state index contributed by atoms with van der Waals surface area (Å²) in [5.41, 5.74) is 0.580. The molecule has 1 fully saturated rings. The van der Waals surface area contributed by atoms with Gasteiger partial charge in [-0.2, -0.15) is 0 Å².